The number of hydrogen-bond donors (Lipinski definition) is 0. The van der Waals surface area contributed by atoms with E-state index in [2.05, 4.69) is 6.92 Å². The molecule has 2 rings (SSSR count). The van der Waals surface area contributed by atoms with E-state index in [4.69, 9.17) is 0 Å². The highest BCUT2D eigenvalue weighted by molar-refractivity contribution is 6.10. The van der Waals surface area contributed by atoms with Gasteiger partial charge in [0, 0.05) is 6.54 Å². The number of carbonyl (C=O) groups is 2. The van der Waals surface area contributed by atoms with E-state index in [0.29, 0.717) is 29.9 Å². The van der Waals surface area contributed by atoms with E-state index >= 15 is 0 Å². The standard InChI is InChI=1S/C30H39F4NO2/c1-2-3-4-5-6-7-8-9-10-11-12-13-14-15-20-35(29(36)25-21-23(31)16-18-27(25)33)30(37)26-22-24(32)17-19-28(26)34/h16-19,21-22H,2-15,20H2,1H3. The monoisotopic (exact) mass is 521 g/mol. The molecular formula is C30H39F4NO2. The molecule has 2 aromatic carbocycles. The Kier molecular flexibility index (Phi) is 14.0. The van der Waals surface area contributed by atoms with Crippen LogP contribution in [0.5, 0.6) is 0 Å². The average molecular weight is 522 g/mol. The topological polar surface area (TPSA) is 37.4 Å². The fourth-order valence-corrected chi connectivity index (χ4v) is 4.37. The summed E-state index contributed by atoms with van der Waals surface area (Å²) < 4.78 is 55.8. The molecule has 0 atom stereocenters. The van der Waals surface area contributed by atoms with Crippen LogP contribution < -0.4 is 0 Å². The molecule has 204 valence electrons. The molecule has 0 radical (unpaired) electrons. The van der Waals surface area contributed by atoms with Crippen molar-refractivity contribution in [1.82, 2.24) is 4.90 Å². The van der Waals surface area contributed by atoms with E-state index in [0.717, 1.165) is 43.5 Å². The minimum atomic E-state index is -1.08. The van der Waals surface area contributed by atoms with Gasteiger partial charge in [-0.25, -0.2) is 17.6 Å². The number of imide groups is 1. The van der Waals surface area contributed by atoms with Crippen molar-refractivity contribution in [3.8, 4) is 0 Å². The molecule has 7 heteroatoms. The zero-order valence-electron chi connectivity index (χ0n) is 21.8. The maximum atomic E-state index is 14.2. The predicted octanol–water partition coefficient (Wildman–Crippen LogP) is 9.01. The zero-order valence-corrected chi connectivity index (χ0v) is 21.8. The molecule has 0 aliphatic heterocycles. The summed E-state index contributed by atoms with van der Waals surface area (Å²) in [4.78, 5) is 26.6. The molecule has 0 saturated heterocycles. The minimum absolute atomic E-state index is 0.110. The van der Waals surface area contributed by atoms with Crippen molar-refractivity contribution >= 4 is 11.8 Å². The van der Waals surface area contributed by atoms with E-state index in [1.807, 2.05) is 0 Å². The van der Waals surface area contributed by atoms with Gasteiger partial charge in [-0.05, 0) is 42.8 Å². The summed E-state index contributed by atoms with van der Waals surface area (Å²) in [6.07, 6.45) is 15.7. The molecule has 0 N–H and O–H groups in total. The molecule has 0 unspecified atom stereocenters. The fraction of sp³-hybridized carbons (Fsp3) is 0.533. The van der Waals surface area contributed by atoms with E-state index in [9.17, 15) is 27.2 Å². The van der Waals surface area contributed by atoms with Crippen molar-refractivity contribution in [2.24, 2.45) is 0 Å². The Morgan fingerprint density at radius 2 is 0.919 bits per heavy atom. The van der Waals surface area contributed by atoms with E-state index in [1.165, 1.54) is 57.8 Å². The summed E-state index contributed by atoms with van der Waals surface area (Å²) in [6.45, 7) is 2.11. The Labute approximate surface area is 218 Å². The third-order valence-electron chi connectivity index (χ3n) is 6.54. The first-order valence-electron chi connectivity index (χ1n) is 13.6. The first-order valence-corrected chi connectivity index (χ1v) is 13.6. The Hall–Kier alpha value is -2.70. The summed E-state index contributed by atoms with van der Waals surface area (Å²) in [5, 5.41) is 0. The number of rotatable bonds is 17. The maximum Gasteiger partial charge on any atom is 0.263 e. The molecule has 0 heterocycles. The van der Waals surface area contributed by atoms with Crippen molar-refractivity contribution in [1.29, 1.82) is 0 Å². The second-order valence-electron chi connectivity index (χ2n) is 9.61. The van der Waals surface area contributed by atoms with Gasteiger partial charge in [-0.2, -0.15) is 0 Å². The van der Waals surface area contributed by atoms with Crippen LogP contribution in [0.15, 0.2) is 36.4 Å². The first kappa shape index (κ1) is 30.5. The second kappa shape index (κ2) is 16.9. The van der Waals surface area contributed by atoms with Crippen molar-refractivity contribution in [2.45, 2.75) is 96.8 Å². The summed E-state index contributed by atoms with van der Waals surface area (Å²) in [5.74, 6) is -5.84. The lowest BCUT2D eigenvalue weighted by molar-refractivity contribution is 0.0607. The highest BCUT2D eigenvalue weighted by atomic mass is 19.1. The van der Waals surface area contributed by atoms with Crippen LogP contribution in [0.1, 0.15) is 118 Å². The van der Waals surface area contributed by atoms with Crippen LogP contribution in [0.25, 0.3) is 0 Å². The van der Waals surface area contributed by atoms with Gasteiger partial charge in [-0.15, -0.1) is 0 Å². The van der Waals surface area contributed by atoms with E-state index in [1.54, 1.807) is 0 Å². The minimum Gasteiger partial charge on any atom is -0.274 e. The average Bonchev–Trinajstić information content (AvgIpc) is 2.88. The van der Waals surface area contributed by atoms with Gasteiger partial charge in [0.05, 0.1) is 11.1 Å². The smallest absolute Gasteiger partial charge is 0.263 e. The van der Waals surface area contributed by atoms with Gasteiger partial charge in [0.1, 0.15) is 23.3 Å². The molecule has 2 aromatic rings. The lowest BCUT2D eigenvalue weighted by Gasteiger charge is -2.22. The molecule has 0 aliphatic rings. The van der Waals surface area contributed by atoms with Gasteiger partial charge >= 0.3 is 0 Å². The number of amides is 2. The fourth-order valence-electron chi connectivity index (χ4n) is 4.37. The Morgan fingerprint density at radius 3 is 1.30 bits per heavy atom. The quantitative estimate of drug-likeness (QED) is 0.118. The van der Waals surface area contributed by atoms with Crippen LogP contribution in [0.3, 0.4) is 0 Å². The maximum absolute atomic E-state index is 14.2. The van der Waals surface area contributed by atoms with Crippen LogP contribution in [-0.2, 0) is 0 Å². The van der Waals surface area contributed by atoms with Crippen LogP contribution in [0.2, 0.25) is 0 Å². The van der Waals surface area contributed by atoms with Crippen LogP contribution >= 0.6 is 0 Å². The number of benzene rings is 2. The molecule has 0 aliphatic carbocycles. The largest absolute Gasteiger partial charge is 0.274 e. The second-order valence-corrected chi connectivity index (χ2v) is 9.61. The molecular weight excluding hydrogens is 482 g/mol. The molecule has 3 nitrogen and oxygen atoms in total. The predicted molar refractivity (Wildman–Crippen MR) is 138 cm³/mol. The third-order valence-corrected chi connectivity index (χ3v) is 6.54. The van der Waals surface area contributed by atoms with Crippen LogP contribution in [-0.4, -0.2) is 23.3 Å². The normalized spacial score (nSPS) is 11.1. The van der Waals surface area contributed by atoms with Gasteiger partial charge in [-0.3, -0.25) is 14.5 Å². The van der Waals surface area contributed by atoms with Gasteiger partial charge in [0.25, 0.3) is 11.8 Å². The van der Waals surface area contributed by atoms with Crippen molar-refractivity contribution in [2.75, 3.05) is 6.54 Å². The Balaban J connectivity index is 1.84. The summed E-state index contributed by atoms with van der Waals surface area (Å²) in [7, 11) is 0. The van der Waals surface area contributed by atoms with E-state index in [-0.39, 0.29) is 6.54 Å². The zero-order chi connectivity index (χ0) is 27.0. The Bertz CT molecular complexity index is 932. The lowest BCUT2D eigenvalue weighted by atomic mass is 10.0. The van der Waals surface area contributed by atoms with Crippen LogP contribution in [0.4, 0.5) is 17.6 Å². The van der Waals surface area contributed by atoms with Crippen molar-refractivity contribution in [3.05, 3.63) is 70.8 Å². The van der Waals surface area contributed by atoms with Crippen molar-refractivity contribution < 1.29 is 27.2 Å². The first-order chi connectivity index (χ1) is 17.8. The summed E-state index contributed by atoms with van der Waals surface area (Å²) >= 11 is 0. The lowest BCUT2D eigenvalue weighted by Crippen LogP contribution is -2.38. The highest BCUT2D eigenvalue weighted by Gasteiger charge is 2.28. The molecule has 2 amide bonds. The molecule has 0 spiro atoms. The van der Waals surface area contributed by atoms with Crippen molar-refractivity contribution in [3.63, 3.8) is 0 Å². The van der Waals surface area contributed by atoms with Gasteiger partial charge in [0.2, 0.25) is 0 Å². The SMILES string of the molecule is CCCCCCCCCCCCCCCCN(C(=O)c1cc(F)ccc1F)C(=O)c1cc(F)ccc1F. The number of carbonyl (C=O) groups excluding carboxylic acids is 2. The number of halogens is 4. The Morgan fingerprint density at radius 1 is 0.568 bits per heavy atom. The number of nitrogens with zero attached hydrogens (tertiary/aromatic N) is 1. The number of unbranched alkanes of at least 4 members (excludes halogenated alkanes) is 13. The molecule has 0 saturated carbocycles. The molecule has 0 aromatic heterocycles. The number of hydrogen-bond acceptors (Lipinski definition) is 2. The highest BCUT2D eigenvalue weighted by Crippen LogP contribution is 2.19. The third kappa shape index (κ3) is 10.7. The molecule has 0 fully saturated rings. The van der Waals surface area contributed by atoms with Gasteiger partial charge in [0.15, 0.2) is 0 Å². The molecule has 37 heavy (non-hydrogen) atoms. The summed E-state index contributed by atoms with van der Waals surface area (Å²) in [6, 6.07) is 4.70. The molecule has 0 bridgehead atoms. The summed E-state index contributed by atoms with van der Waals surface area (Å²) in [5.41, 5.74) is -1.26. The van der Waals surface area contributed by atoms with Crippen LogP contribution in [0, 0.1) is 23.3 Å². The van der Waals surface area contributed by atoms with Gasteiger partial charge < -0.3 is 0 Å². The van der Waals surface area contributed by atoms with E-state index < -0.39 is 46.2 Å². The van der Waals surface area contributed by atoms with Gasteiger partial charge in [-0.1, -0.05) is 90.4 Å².